The number of aromatic nitrogens is 1. The van der Waals surface area contributed by atoms with Crippen LogP contribution in [0.4, 0.5) is 10.1 Å². The Morgan fingerprint density at radius 2 is 2.03 bits per heavy atom. The van der Waals surface area contributed by atoms with Crippen molar-refractivity contribution in [2.24, 2.45) is 5.41 Å². The molecule has 2 saturated heterocycles. The van der Waals surface area contributed by atoms with Crippen molar-refractivity contribution in [3.05, 3.63) is 17.8 Å². The first kappa shape index (κ1) is 25.1. The summed E-state index contributed by atoms with van der Waals surface area (Å²) >= 11 is 0. The first-order valence-corrected chi connectivity index (χ1v) is 11.0. The van der Waals surface area contributed by atoms with Crippen LogP contribution in [0.3, 0.4) is 0 Å². The number of esters is 1. The first-order chi connectivity index (χ1) is 15.9. The number of hydrogen-bond donors (Lipinski definition) is 2. The Hall–Kier alpha value is -2.50. The fraction of sp³-hybridized carbons (Fsp3) is 0.682. The molecule has 0 saturated carbocycles. The molecule has 1 aromatic rings. The van der Waals surface area contributed by atoms with Gasteiger partial charge in [0.05, 0.1) is 31.3 Å². The van der Waals surface area contributed by atoms with Gasteiger partial charge in [-0.3, -0.25) is 4.79 Å². The van der Waals surface area contributed by atoms with E-state index in [9.17, 15) is 19.1 Å². The zero-order chi connectivity index (χ0) is 24.1. The molecular weight excluding hydrogens is 437 g/mol. The smallest absolute Gasteiger partial charge is 0.334 e. The Kier molecular flexibility index (Phi) is 8.09. The molecule has 2 aliphatic rings. The van der Waals surface area contributed by atoms with Crippen LogP contribution in [0, 0.1) is 5.41 Å². The number of ether oxygens (including phenoxy) is 4. The monoisotopic (exact) mass is 469 g/mol. The molecule has 0 spiro atoms. The lowest BCUT2D eigenvalue weighted by Crippen LogP contribution is -2.54. The lowest BCUT2D eigenvalue weighted by Gasteiger charge is -2.41. The number of hydrogen-bond acceptors (Lipinski definition) is 9. The highest BCUT2D eigenvalue weighted by atomic mass is 19.1. The average Bonchev–Trinajstić information content (AvgIpc) is 2.77. The van der Waals surface area contributed by atoms with Crippen LogP contribution in [0.15, 0.2) is 12.1 Å². The minimum atomic E-state index is -1.36. The highest BCUT2D eigenvalue weighted by Crippen LogP contribution is 2.34. The fourth-order valence-electron chi connectivity index (χ4n) is 3.76. The van der Waals surface area contributed by atoms with Crippen LogP contribution in [0.1, 0.15) is 37.2 Å². The van der Waals surface area contributed by atoms with Gasteiger partial charge in [-0.25, -0.2) is 14.2 Å². The lowest BCUT2D eigenvalue weighted by molar-refractivity contribution is -0.155. The molecule has 2 fully saturated rings. The van der Waals surface area contributed by atoms with Gasteiger partial charge in [0.1, 0.15) is 23.5 Å². The molecule has 0 unspecified atom stereocenters. The molecule has 10 nitrogen and oxygen atoms in total. The number of aliphatic hydroxyl groups is 1. The lowest BCUT2D eigenvalue weighted by atomic mass is 9.88. The molecule has 0 radical (unpaired) electrons. The Morgan fingerprint density at radius 1 is 1.33 bits per heavy atom. The molecule has 0 atom stereocenters. The zero-order valence-electron chi connectivity index (χ0n) is 19.3. The van der Waals surface area contributed by atoms with Gasteiger partial charge in [0, 0.05) is 20.2 Å². The molecule has 33 heavy (non-hydrogen) atoms. The van der Waals surface area contributed by atoms with E-state index < -0.39 is 29.7 Å². The number of alkyl halides is 1. The van der Waals surface area contributed by atoms with Crippen LogP contribution in [-0.2, 0) is 19.0 Å². The molecule has 1 amide bonds. The summed E-state index contributed by atoms with van der Waals surface area (Å²) < 4.78 is 33.6. The van der Waals surface area contributed by atoms with E-state index in [-0.39, 0.29) is 43.7 Å². The van der Waals surface area contributed by atoms with Crippen LogP contribution in [0.5, 0.6) is 5.88 Å². The number of methoxy groups -OCH3 is 1. The van der Waals surface area contributed by atoms with Crippen molar-refractivity contribution in [3.8, 4) is 5.88 Å². The summed E-state index contributed by atoms with van der Waals surface area (Å²) in [6.45, 7) is 4.28. The quantitative estimate of drug-likeness (QED) is 0.433. The van der Waals surface area contributed by atoms with Gasteiger partial charge in [0.25, 0.3) is 5.91 Å². The van der Waals surface area contributed by atoms with E-state index in [0.29, 0.717) is 32.0 Å². The third-order valence-electron chi connectivity index (χ3n) is 6.40. The number of amides is 1. The molecule has 2 N–H and O–H groups in total. The van der Waals surface area contributed by atoms with E-state index in [0.717, 1.165) is 0 Å². The number of anilines is 1. The van der Waals surface area contributed by atoms with E-state index in [1.807, 2.05) is 4.90 Å². The second-order valence-corrected chi connectivity index (χ2v) is 8.51. The van der Waals surface area contributed by atoms with E-state index >= 15 is 0 Å². The summed E-state index contributed by atoms with van der Waals surface area (Å²) in [5.41, 5.74) is -1.13. The average molecular weight is 470 g/mol. The SMILES string of the molecule is CCC(CC)(NC(=O)c1ccc(N2CC(OC)C2)c(OCC2(CO)COC2)n1)C(=O)OCF. The standard InChI is InChI=1S/C22H32FN3O7/c1-4-22(5-2,20(29)33-14-23)25-18(28)16-6-7-17(26-8-15(9-26)30-3)19(24-16)32-13-21(10-27)11-31-12-21/h6-7,15,27H,4-5,8-14H2,1-3H3,(H,25,28). The summed E-state index contributed by atoms with van der Waals surface area (Å²) in [5, 5.41) is 12.4. The van der Waals surface area contributed by atoms with Crippen molar-refractivity contribution in [2.75, 3.05) is 58.4 Å². The largest absolute Gasteiger partial charge is 0.475 e. The van der Waals surface area contributed by atoms with Crippen LogP contribution in [0.2, 0.25) is 0 Å². The minimum Gasteiger partial charge on any atom is -0.475 e. The molecule has 184 valence electrons. The molecule has 11 heteroatoms. The van der Waals surface area contributed by atoms with Gasteiger partial charge in [-0.05, 0) is 25.0 Å². The maximum Gasteiger partial charge on any atom is 0.334 e. The van der Waals surface area contributed by atoms with Crippen molar-refractivity contribution in [1.29, 1.82) is 0 Å². The van der Waals surface area contributed by atoms with Gasteiger partial charge < -0.3 is 34.3 Å². The van der Waals surface area contributed by atoms with Crippen molar-refractivity contribution < 1.29 is 38.0 Å². The number of nitrogens with zero attached hydrogens (tertiary/aromatic N) is 2. The van der Waals surface area contributed by atoms with Crippen molar-refractivity contribution in [1.82, 2.24) is 10.3 Å². The number of rotatable bonds is 12. The summed E-state index contributed by atoms with van der Waals surface area (Å²) in [7, 11) is 1.65. The number of halogens is 1. The highest BCUT2D eigenvalue weighted by Gasteiger charge is 2.41. The third-order valence-corrected chi connectivity index (χ3v) is 6.40. The Labute approximate surface area is 192 Å². The highest BCUT2D eigenvalue weighted by molar-refractivity contribution is 5.97. The molecule has 2 aliphatic heterocycles. The number of aliphatic hydroxyl groups excluding tert-OH is 1. The van der Waals surface area contributed by atoms with Crippen molar-refractivity contribution in [2.45, 2.75) is 38.3 Å². The second kappa shape index (κ2) is 10.6. The normalized spacial score (nSPS) is 17.7. The van der Waals surface area contributed by atoms with Gasteiger partial charge in [-0.1, -0.05) is 13.8 Å². The van der Waals surface area contributed by atoms with Gasteiger partial charge >= 0.3 is 5.97 Å². The van der Waals surface area contributed by atoms with Gasteiger partial charge in [0.2, 0.25) is 12.7 Å². The van der Waals surface area contributed by atoms with Gasteiger partial charge in [0.15, 0.2) is 0 Å². The Morgan fingerprint density at radius 3 is 2.55 bits per heavy atom. The molecular formula is C22H32FN3O7. The summed E-state index contributed by atoms with van der Waals surface area (Å²) in [4.78, 5) is 31.8. The van der Waals surface area contributed by atoms with Crippen LogP contribution in [-0.4, -0.2) is 87.1 Å². The van der Waals surface area contributed by atoms with Gasteiger partial charge in [-0.15, -0.1) is 0 Å². The van der Waals surface area contributed by atoms with E-state index in [2.05, 4.69) is 15.0 Å². The number of pyridine rings is 1. The second-order valence-electron chi connectivity index (χ2n) is 8.51. The minimum absolute atomic E-state index is 0.0415. The Balaban J connectivity index is 1.82. The first-order valence-electron chi connectivity index (χ1n) is 11.0. The van der Waals surface area contributed by atoms with Crippen LogP contribution < -0.4 is 15.0 Å². The molecule has 0 aliphatic carbocycles. The number of carbonyl (C=O) groups excluding carboxylic acids is 2. The van der Waals surface area contributed by atoms with E-state index in [4.69, 9.17) is 14.2 Å². The maximum atomic E-state index is 13.0. The number of nitrogens with one attached hydrogen (secondary N) is 1. The summed E-state index contributed by atoms with van der Waals surface area (Å²) in [6, 6.07) is 3.27. The topological polar surface area (TPSA) is 119 Å². The predicted octanol–water partition coefficient (Wildman–Crippen LogP) is 1.06. The van der Waals surface area contributed by atoms with Crippen LogP contribution in [0.25, 0.3) is 0 Å². The van der Waals surface area contributed by atoms with E-state index in [1.54, 1.807) is 33.1 Å². The van der Waals surface area contributed by atoms with Gasteiger partial charge in [-0.2, -0.15) is 0 Å². The molecule has 1 aromatic heterocycles. The maximum absolute atomic E-state index is 13.0. The van der Waals surface area contributed by atoms with Crippen molar-refractivity contribution >= 4 is 17.6 Å². The van der Waals surface area contributed by atoms with E-state index in [1.165, 1.54) is 0 Å². The Bertz CT molecular complexity index is 834. The molecule has 3 heterocycles. The number of carbonyl (C=O) groups is 2. The zero-order valence-corrected chi connectivity index (χ0v) is 19.3. The van der Waals surface area contributed by atoms with Crippen molar-refractivity contribution in [3.63, 3.8) is 0 Å². The van der Waals surface area contributed by atoms with Crippen LogP contribution >= 0.6 is 0 Å². The fourth-order valence-corrected chi connectivity index (χ4v) is 3.76. The molecule has 3 rings (SSSR count). The molecule has 0 bridgehead atoms. The summed E-state index contributed by atoms with van der Waals surface area (Å²) in [5.74, 6) is -1.20. The predicted molar refractivity (Wildman–Crippen MR) is 116 cm³/mol. The summed E-state index contributed by atoms with van der Waals surface area (Å²) in [6.07, 6.45) is 0.544. The third kappa shape index (κ3) is 5.20. The molecule has 0 aromatic carbocycles.